The van der Waals surface area contributed by atoms with Crippen molar-refractivity contribution in [3.63, 3.8) is 0 Å². The summed E-state index contributed by atoms with van der Waals surface area (Å²) in [5.74, 6) is 0. The highest BCUT2D eigenvalue weighted by Crippen LogP contribution is 2.31. The van der Waals surface area contributed by atoms with Gasteiger partial charge < -0.3 is 10.4 Å². The number of hydrogen-bond donors (Lipinski definition) is 2. The maximum Gasteiger partial charge on any atom is 0.436 e. The van der Waals surface area contributed by atoms with Crippen LogP contribution in [0.4, 0.5) is 18.0 Å². The van der Waals surface area contributed by atoms with Gasteiger partial charge in [-0.3, -0.25) is 4.68 Å². The molecule has 0 atom stereocenters. The van der Waals surface area contributed by atoms with Gasteiger partial charge in [0.05, 0.1) is 3.57 Å². The molecule has 5 nitrogen and oxygen atoms in total. The second-order valence-electron chi connectivity index (χ2n) is 4.23. The molecule has 9 heteroatoms. The zero-order chi connectivity index (χ0) is 15.2. The fraction of sp³-hybridized carbons (Fsp3) is 0.636. The van der Waals surface area contributed by atoms with E-state index < -0.39 is 18.0 Å². The van der Waals surface area contributed by atoms with Crippen molar-refractivity contribution in [2.45, 2.75) is 38.4 Å². The van der Waals surface area contributed by atoms with Gasteiger partial charge in [-0.25, -0.2) is 4.79 Å². The second-order valence-corrected chi connectivity index (χ2v) is 5.39. The van der Waals surface area contributed by atoms with E-state index in [1.807, 2.05) is 0 Å². The fourth-order valence-electron chi connectivity index (χ4n) is 1.65. The second kappa shape index (κ2) is 7.70. The molecule has 1 aromatic rings. The third kappa shape index (κ3) is 5.97. The molecule has 0 radical (unpaired) electrons. The molecule has 0 aromatic carbocycles. The number of nitrogens with one attached hydrogen (secondary N) is 1. The van der Waals surface area contributed by atoms with Gasteiger partial charge in [-0.15, -0.1) is 0 Å². The highest BCUT2D eigenvalue weighted by Gasteiger charge is 2.36. The number of carbonyl (C=O) groups is 1. The number of unbranched alkanes of at least 4 members (excludes halogenated alkanes) is 3. The van der Waals surface area contributed by atoms with Crippen molar-refractivity contribution in [1.29, 1.82) is 0 Å². The SMILES string of the molecule is O=C(O)NCCCCCCn1cc(I)c(C(F)(F)F)n1. The number of aromatic nitrogens is 2. The molecular formula is C11H15F3IN3O2. The summed E-state index contributed by atoms with van der Waals surface area (Å²) in [4.78, 5) is 10.2. The van der Waals surface area contributed by atoms with Gasteiger partial charge in [0, 0.05) is 19.3 Å². The Balaban J connectivity index is 2.24. The van der Waals surface area contributed by atoms with E-state index in [-0.39, 0.29) is 3.57 Å². The van der Waals surface area contributed by atoms with Gasteiger partial charge >= 0.3 is 12.3 Å². The molecule has 1 rings (SSSR count). The lowest BCUT2D eigenvalue weighted by Gasteiger charge is -2.04. The van der Waals surface area contributed by atoms with Crippen molar-refractivity contribution in [3.05, 3.63) is 15.5 Å². The van der Waals surface area contributed by atoms with Gasteiger partial charge in [-0.05, 0) is 35.4 Å². The first kappa shape index (κ1) is 17.1. The van der Waals surface area contributed by atoms with Gasteiger partial charge in [-0.2, -0.15) is 18.3 Å². The number of halogens is 4. The predicted molar refractivity (Wildman–Crippen MR) is 74.4 cm³/mol. The smallest absolute Gasteiger partial charge is 0.436 e. The largest absolute Gasteiger partial charge is 0.465 e. The van der Waals surface area contributed by atoms with Gasteiger partial charge in [0.2, 0.25) is 0 Å². The average molecular weight is 405 g/mol. The topological polar surface area (TPSA) is 67.2 Å². The van der Waals surface area contributed by atoms with Gasteiger partial charge in [0.15, 0.2) is 5.69 Å². The first-order valence-electron chi connectivity index (χ1n) is 6.07. The van der Waals surface area contributed by atoms with Crippen LogP contribution in [0.15, 0.2) is 6.20 Å². The van der Waals surface area contributed by atoms with Crippen molar-refractivity contribution in [1.82, 2.24) is 15.1 Å². The Hall–Kier alpha value is -1.00. The third-order valence-corrected chi connectivity index (χ3v) is 3.37. The molecule has 2 N–H and O–H groups in total. The summed E-state index contributed by atoms with van der Waals surface area (Å²) in [6, 6.07) is 0. The van der Waals surface area contributed by atoms with Crippen LogP contribution in [0.2, 0.25) is 0 Å². The van der Waals surface area contributed by atoms with Gasteiger partial charge in [-0.1, -0.05) is 12.8 Å². The number of rotatable bonds is 7. The lowest BCUT2D eigenvalue weighted by Crippen LogP contribution is -2.21. The van der Waals surface area contributed by atoms with Gasteiger partial charge in [0.1, 0.15) is 0 Å². The molecule has 0 aliphatic carbocycles. The summed E-state index contributed by atoms with van der Waals surface area (Å²) in [6.45, 7) is 0.825. The molecule has 0 bridgehead atoms. The zero-order valence-corrected chi connectivity index (χ0v) is 12.7. The lowest BCUT2D eigenvalue weighted by atomic mass is 10.2. The molecule has 0 aliphatic rings. The summed E-state index contributed by atoms with van der Waals surface area (Å²) in [5, 5.41) is 14.1. The summed E-state index contributed by atoms with van der Waals surface area (Å²) < 4.78 is 39.0. The molecule has 0 fully saturated rings. The molecule has 0 unspecified atom stereocenters. The molecule has 0 saturated carbocycles. The van der Waals surface area contributed by atoms with E-state index >= 15 is 0 Å². The zero-order valence-electron chi connectivity index (χ0n) is 10.6. The highest BCUT2D eigenvalue weighted by atomic mass is 127. The first-order valence-corrected chi connectivity index (χ1v) is 7.15. The molecule has 114 valence electrons. The molecule has 20 heavy (non-hydrogen) atoms. The molecule has 1 amide bonds. The first-order chi connectivity index (χ1) is 9.30. The summed E-state index contributed by atoms with van der Waals surface area (Å²) >= 11 is 1.62. The van der Waals surface area contributed by atoms with E-state index in [9.17, 15) is 18.0 Å². The Morgan fingerprint density at radius 1 is 1.35 bits per heavy atom. The molecule has 1 heterocycles. The summed E-state index contributed by atoms with van der Waals surface area (Å²) in [7, 11) is 0. The van der Waals surface area contributed by atoms with Crippen molar-refractivity contribution in [2.24, 2.45) is 0 Å². The van der Waals surface area contributed by atoms with Crippen molar-refractivity contribution >= 4 is 28.7 Å². The van der Waals surface area contributed by atoms with E-state index in [1.54, 1.807) is 22.6 Å². The Morgan fingerprint density at radius 3 is 2.55 bits per heavy atom. The molecular weight excluding hydrogens is 390 g/mol. The summed E-state index contributed by atoms with van der Waals surface area (Å²) in [6.07, 6.45) is -1.00. The minimum absolute atomic E-state index is 0.0979. The van der Waals surface area contributed by atoms with Crippen LogP contribution in [0.5, 0.6) is 0 Å². The van der Waals surface area contributed by atoms with Crippen LogP contribution >= 0.6 is 22.6 Å². The number of aryl methyl sites for hydroxylation is 1. The minimum Gasteiger partial charge on any atom is -0.465 e. The minimum atomic E-state index is -4.41. The highest BCUT2D eigenvalue weighted by molar-refractivity contribution is 14.1. The lowest BCUT2D eigenvalue weighted by molar-refractivity contribution is -0.142. The maximum atomic E-state index is 12.5. The summed E-state index contributed by atoms with van der Waals surface area (Å²) in [5.41, 5.74) is -0.844. The van der Waals surface area contributed by atoms with E-state index in [4.69, 9.17) is 5.11 Å². The van der Waals surface area contributed by atoms with Crippen LogP contribution in [0.1, 0.15) is 31.4 Å². The Kier molecular flexibility index (Phi) is 6.56. The Morgan fingerprint density at radius 2 is 2.00 bits per heavy atom. The Labute approximate surface area is 127 Å². The van der Waals surface area contributed by atoms with Crippen LogP contribution < -0.4 is 5.32 Å². The monoisotopic (exact) mass is 405 g/mol. The van der Waals surface area contributed by atoms with E-state index in [2.05, 4.69) is 10.4 Å². The van der Waals surface area contributed by atoms with Gasteiger partial charge in [0.25, 0.3) is 0 Å². The van der Waals surface area contributed by atoms with E-state index in [0.717, 1.165) is 19.3 Å². The van der Waals surface area contributed by atoms with Crippen LogP contribution in [0, 0.1) is 3.57 Å². The van der Waals surface area contributed by atoms with Crippen LogP contribution in [-0.2, 0) is 12.7 Å². The Bertz CT molecular complexity index is 449. The van der Waals surface area contributed by atoms with Crippen LogP contribution in [0.3, 0.4) is 0 Å². The number of nitrogens with zero attached hydrogens (tertiary/aromatic N) is 2. The predicted octanol–water partition coefficient (Wildman–Crippen LogP) is 3.33. The molecule has 0 aliphatic heterocycles. The normalized spacial score (nSPS) is 11.6. The molecule has 1 aromatic heterocycles. The maximum absolute atomic E-state index is 12.5. The molecule has 0 spiro atoms. The number of amides is 1. The quantitative estimate of drug-likeness (QED) is 0.540. The van der Waals surface area contributed by atoms with E-state index in [1.165, 1.54) is 10.9 Å². The number of carboxylic acid groups (broad SMARTS) is 1. The van der Waals surface area contributed by atoms with Crippen molar-refractivity contribution < 1.29 is 23.1 Å². The average Bonchev–Trinajstić information content (AvgIpc) is 2.68. The standard InChI is InChI=1S/C11H15F3IN3O2/c12-11(13,14)9-8(15)7-18(17-9)6-4-2-1-3-5-16-10(19)20/h7,16H,1-6H2,(H,19,20). The third-order valence-electron chi connectivity index (χ3n) is 2.58. The van der Waals surface area contributed by atoms with Crippen LogP contribution in [0.25, 0.3) is 0 Å². The van der Waals surface area contributed by atoms with E-state index in [0.29, 0.717) is 19.5 Å². The van der Waals surface area contributed by atoms with Crippen molar-refractivity contribution in [2.75, 3.05) is 6.54 Å². The fourth-order valence-corrected chi connectivity index (χ4v) is 2.39. The molecule has 0 saturated heterocycles. The van der Waals surface area contributed by atoms with Crippen molar-refractivity contribution in [3.8, 4) is 0 Å². The number of hydrogen-bond acceptors (Lipinski definition) is 2. The number of alkyl halides is 3. The van der Waals surface area contributed by atoms with Crippen LogP contribution in [-0.4, -0.2) is 27.5 Å².